The van der Waals surface area contributed by atoms with Crippen molar-refractivity contribution < 1.29 is 5.11 Å². The van der Waals surface area contributed by atoms with E-state index < -0.39 is 0 Å². The molecule has 16 heavy (non-hydrogen) atoms. The largest absolute Gasteiger partial charge is 0.394 e. The molecule has 0 saturated carbocycles. The van der Waals surface area contributed by atoms with Crippen LogP contribution in [0.15, 0.2) is 23.6 Å². The number of rotatable bonds is 7. The molecule has 1 rings (SSSR count). The summed E-state index contributed by atoms with van der Waals surface area (Å²) in [6, 6.07) is 0. The summed E-state index contributed by atoms with van der Waals surface area (Å²) >= 11 is 1.61. The van der Waals surface area contributed by atoms with Gasteiger partial charge in [-0.15, -0.1) is 11.8 Å². The molecule has 0 saturated heterocycles. The zero-order chi connectivity index (χ0) is 11.9. The van der Waals surface area contributed by atoms with Crippen molar-refractivity contribution in [2.45, 2.75) is 30.8 Å². The van der Waals surface area contributed by atoms with E-state index in [1.165, 1.54) is 0 Å². The fraction of sp³-hybridized carbons (Fsp3) is 0.636. The van der Waals surface area contributed by atoms with Gasteiger partial charge in [0.25, 0.3) is 0 Å². The maximum atomic E-state index is 9.38. The van der Waals surface area contributed by atoms with Gasteiger partial charge in [-0.25, -0.2) is 4.98 Å². The number of hydrogen-bond acceptors (Lipinski definition) is 5. The third-order valence-electron chi connectivity index (χ3n) is 2.23. The van der Waals surface area contributed by atoms with Gasteiger partial charge < -0.3 is 10.4 Å². The number of hydrogen-bond donors (Lipinski definition) is 2. The van der Waals surface area contributed by atoms with Crippen molar-refractivity contribution in [2.24, 2.45) is 0 Å². The van der Waals surface area contributed by atoms with Crippen LogP contribution in [-0.2, 0) is 0 Å². The predicted octanol–water partition coefficient (Wildman–Crippen LogP) is 1.32. The summed E-state index contributed by atoms with van der Waals surface area (Å²) in [7, 11) is 0. The van der Waals surface area contributed by atoms with Gasteiger partial charge in [-0.3, -0.25) is 4.98 Å². The lowest BCUT2D eigenvalue weighted by Crippen LogP contribution is -2.48. The lowest BCUT2D eigenvalue weighted by molar-refractivity contribution is 0.192. The van der Waals surface area contributed by atoms with E-state index in [-0.39, 0.29) is 12.1 Å². The third-order valence-corrected chi connectivity index (χ3v) is 3.52. The maximum absolute atomic E-state index is 9.38. The van der Waals surface area contributed by atoms with E-state index in [0.717, 1.165) is 23.7 Å². The van der Waals surface area contributed by atoms with Gasteiger partial charge in [-0.05, 0) is 19.9 Å². The molecule has 1 aromatic heterocycles. The molecule has 0 aromatic carbocycles. The molecule has 0 bridgehead atoms. The molecule has 0 amide bonds. The van der Waals surface area contributed by atoms with Crippen molar-refractivity contribution in [2.75, 3.05) is 18.9 Å². The van der Waals surface area contributed by atoms with Crippen LogP contribution in [0.1, 0.15) is 20.3 Å². The fourth-order valence-corrected chi connectivity index (χ4v) is 2.10. The van der Waals surface area contributed by atoms with Gasteiger partial charge in [-0.1, -0.05) is 6.92 Å². The molecule has 0 radical (unpaired) electrons. The average molecular weight is 241 g/mol. The van der Waals surface area contributed by atoms with Gasteiger partial charge in [0.1, 0.15) is 5.03 Å². The Morgan fingerprint density at radius 3 is 2.88 bits per heavy atom. The Morgan fingerprint density at radius 1 is 1.50 bits per heavy atom. The topological polar surface area (TPSA) is 58.0 Å². The molecule has 4 nitrogen and oxygen atoms in total. The van der Waals surface area contributed by atoms with Crippen molar-refractivity contribution in [1.82, 2.24) is 15.3 Å². The number of nitrogens with zero attached hydrogens (tertiary/aromatic N) is 2. The van der Waals surface area contributed by atoms with Gasteiger partial charge >= 0.3 is 0 Å². The summed E-state index contributed by atoms with van der Waals surface area (Å²) < 4.78 is 0. The zero-order valence-electron chi connectivity index (χ0n) is 9.81. The van der Waals surface area contributed by atoms with Crippen LogP contribution in [-0.4, -0.2) is 39.5 Å². The Morgan fingerprint density at radius 2 is 2.31 bits per heavy atom. The number of thioether (sulfide) groups is 1. The van der Waals surface area contributed by atoms with Gasteiger partial charge in [-0.2, -0.15) is 0 Å². The van der Waals surface area contributed by atoms with Crippen molar-refractivity contribution in [3.63, 3.8) is 0 Å². The number of aromatic nitrogens is 2. The van der Waals surface area contributed by atoms with Gasteiger partial charge in [0.2, 0.25) is 0 Å². The van der Waals surface area contributed by atoms with Crippen molar-refractivity contribution in [1.29, 1.82) is 0 Å². The summed E-state index contributed by atoms with van der Waals surface area (Å²) in [5, 5.41) is 13.6. The minimum atomic E-state index is -0.252. The highest BCUT2D eigenvalue weighted by Crippen LogP contribution is 2.19. The fourth-order valence-electron chi connectivity index (χ4n) is 1.17. The SMILES string of the molecule is CCCNC(C)(CO)CSc1cnccn1. The van der Waals surface area contributed by atoms with E-state index in [2.05, 4.69) is 22.2 Å². The molecule has 1 aromatic rings. The molecular formula is C11H19N3OS. The Kier molecular flexibility index (Phi) is 5.73. The maximum Gasteiger partial charge on any atom is 0.114 e. The van der Waals surface area contributed by atoms with Crippen LogP contribution in [0.2, 0.25) is 0 Å². The summed E-state index contributed by atoms with van der Waals surface area (Å²) in [6.45, 7) is 5.17. The normalized spacial score (nSPS) is 14.7. The first kappa shape index (κ1) is 13.4. The molecule has 1 unspecified atom stereocenters. The van der Waals surface area contributed by atoms with E-state index in [1.54, 1.807) is 30.4 Å². The molecule has 0 fully saturated rings. The summed E-state index contributed by atoms with van der Waals surface area (Å²) in [5.41, 5.74) is -0.252. The van der Waals surface area contributed by atoms with Crippen molar-refractivity contribution in [3.05, 3.63) is 18.6 Å². The molecule has 0 spiro atoms. The molecule has 90 valence electrons. The van der Waals surface area contributed by atoms with Crippen LogP contribution < -0.4 is 5.32 Å². The highest BCUT2D eigenvalue weighted by Gasteiger charge is 2.22. The summed E-state index contributed by atoms with van der Waals surface area (Å²) in [4.78, 5) is 8.19. The smallest absolute Gasteiger partial charge is 0.114 e. The van der Waals surface area contributed by atoms with Crippen LogP contribution in [0.25, 0.3) is 0 Å². The molecule has 1 heterocycles. The summed E-state index contributed by atoms with van der Waals surface area (Å²) in [6.07, 6.45) is 6.14. The van der Waals surface area contributed by atoms with Crippen LogP contribution >= 0.6 is 11.8 Å². The molecule has 0 aliphatic rings. The monoisotopic (exact) mass is 241 g/mol. The Bertz CT molecular complexity index is 297. The van der Waals surface area contributed by atoms with Gasteiger partial charge in [0.05, 0.1) is 12.8 Å². The van der Waals surface area contributed by atoms with E-state index in [4.69, 9.17) is 0 Å². The minimum absolute atomic E-state index is 0.125. The molecule has 2 N–H and O–H groups in total. The first-order valence-electron chi connectivity index (χ1n) is 5.45. The van der Waals surface area contributed by atoms with Crippen LogP contribution in [0.4, 0.5) is 0 Å². The lowest BCUT2D eigenvalue weighted by Gasteiger charge is -2.28. The van der Waals surface area contributed by atoms with Crippen molar-refractivity contribution >= 4 is 11.8 Å². The molecular weight excluding hydrogens is 222 g/mol. The first-order valence-corrected chi connectivity index (χ1v) is 6.43. The highest BCUT2D eigenvalue weighted by atomic mass is 32.2. The minimum Gasteiger partial charge on any atom is -0.394 e. The highest BCUT2D eigenvalue weighted by molar-refractivity contribution is 7.99. The van der Waals surface area contributed by atoms with E-state index >= 15 is 0 Å². The Labute approximate surface area is 101 Å². The number of nitrogens with one attached hydrogen (secondary N) is 1. The van der Waals surface area contributed by atoms with E-state index in [9.17, 15) is 5.11 Å². The van der Waals surface area contributed by atoms with E-state index in [0.29, 0.717) is 0 Å². The van der Waals surface area contributed by atoms with Gasteiger partial charge in [0, 0.05) is 23.7 Å². The number of aliphatic hydroxyl groups excluding tert-OH is 1. The molecule has 0 aliphatic carbocycles. The van der Waals surface area contributed by atoms with Crippen LogP contribution in [0.3, 0.4) is 0 Å². The molecule has 5 heteroatoms. The quantitative estimate of drug-likeness (QED) is 0.705. The van der Waals surface area contributed by atoms with Crippen LogP contribution in [0.5, 0.6) is 0 Å². The Balaban J connectivity index is 2.44. The van der Waals surface area contributed by atoms with Crippen LogP contribution in [0, 0.1) is 0 Å². The second-order valence-corrected chi connectivity index (χ2v) is 4.97. The third kappa shape index (κ3) is 4.47. The molecule has 1 atom stereocenters. The second kappa shape index (κ2) is 6.83. The standard InChI is InChI=1S/C11H19N3OS/c1-3-4-14-11(2,8-15)9-16-10-7-12-5-6-13-10/h5-7,14-15H,3-4,8-9H2,1-2H3. The second-order valence-electron chi connectivity index (χ2n) is 3.98. The summed E-state index contributed by atoms with van der Waals surface area (Å²) in [5.74, 6) is 0.780. The lowest BCUT2D eigenvalue weighted by atomic mass is 10.1. The first-order chi connectivity index (χ1) is 7.70. The zero-order valence-corrected chi connectivity index (χ0v) is 10.6. The average Bonchev–Trinajstić information content (AvgIpc) is 2.35. The van der Waals surface area contributed by atoms with Crippen molar-refractivity contribution in [3.8, 4) is 0 Å². The number of aliphatic hydroxyl groups is 1. The Hall–Kier alpha value is -0.650. The van der Waals surface area contributed by atoms with Gasteiger partial charge in [0.15, 0.2) is 0 Å². The predicted molar refractivity (Wildman–Crippen MR) is 66.5 cm³/mol. The molecule has 0 aliphatic heterocycles. The van der Waals surface area contributed by atoms with E-state index in [1.807, 2.05) is 6.92 Å².